The number of nitrogens with one attached hydrogen (secondary N) is 1. The Morgan fingerprint density at radius 3 is 2.32 bits per heavy atom. The molecule has 0 unspecified atom stereocenters. The lowest BCUT2D eigenvalue weighted by atomic mass is 10.1. The standard InChI is InChI=1S/C22H22F4N2O3/c1-13(2)8-20(30)28(17-5-3-4-16(23)10-17)12-15-7-6-14(9-18(15)24)19(29)11-27-22(31)21(25)26/h3-7,9-10,13,21H,8,11-12H2,1-2H3,(H,27,31). The van der Waals surface area contributed by atoms with Crippen LogP contribution >= 0.6 is 0 Å². The fourth-order valence-electron chi connectivity index (χ4n) is 2.79. The predicted molar refractivity (Wildman–Crippen MR) is 107 cm³/mol. The molecule has 0 heterocycles. The van der Waals surface area contributed by atoms with Gasteiger partial charge in [0.2, 0.25) is 5.91 Å². The number of benzene rings is 2. The number of halogens is 4. The van der Waals surface area contributed by atoms with E-state index in [-0.39, 0.29) is 41.6 Å². The average Bonchev–Trinajstić information content (AvgIpc) is 2.69. The quantitative estimate of drug-likeness (QED) is 0.473. The van der Waals surface area contributed by atoms with Gasteiger partial charge in [-0.2, -0.15) is 8.78 Å². The van der Waals surface area contributed by atoms with Crippen molar-refractivity contribution in [3.8, 4) is 0 Å². The molecule has 1 N–H and O–H groups in total. The van der Waals surface area contributed by atoms with Crippen LogP contribution in [0.2, 0.25) is 0 Å². The average molecular weight is 438 g/mol. The molecule has 2 aromatic carbocycles. The Morgan fingerprint density at radius 1 is 1.03 bits per heavy atom. The highest BCUT2D eigenvalue weighted by atomic mass is 19.3. The minimum absolute atomic E-state index is 0.0249. The highest BCUT2D eigenvalue weighted by molar-refractivity contribution is 5.99. The first-order valence-electron chi connectivity index (χ1n) is 9.52. The van der Waals surface area contributed by atoms with Crippen LogP contribution < -0.4 is 10.2 Å². The molecule has 2 amide bonds. The number of rotatable bonds is 9. The van der Waals surface area contributed by atoms with Gasteiger partial charge in [0.05, 0.1) is 13.1 Å². The lowest BCUT2D eigenvalue weighted by molar-refractivity contribution is -0.131. The molecule has 0 aromatic heterocycles. The number of hydrogen-bond acceptors (Lipinski definition) is 3. The van der Waals surface area contributed by atoms with Crippen LogP contribution in [0.3, 0.4) is 0 Å². The first kappa shape index (κ1) is 24.0. The zero-order valence-electron chi connectivity index (χ0n) is 17.0. The van der Waals surface area contributed by atoms with Crippen molar-refractivity contribution in [2.45, 2.75) is 33.2 Å². The van der Waals surface area contributed by atoms with Crippen molar-refractivity contribution < 1.29 is 31.9 Å². The largest absolute Gasteiger partial charge is 0.344 e. The third-order valence-electron chi connectivity index (χ3n) is 4.33. The van der Waals surface area contributed by atoms with Gasteiger partial charge in [-0.1, -0.05) is 32.0 Å². The maximum absolute atomic E-state index is 14.6. The summed E-state index contributed by atoms with van der Waals surface area (Å²) in [6.45, 7) is 2.78. The second-order valence-corrected chi connectivity index (χ2v) is 7.31. The molecule has 2 rings (SSSR count). The molecule has 0 radical (unpaired) electrons. The van der Waals surface area contributed by atoms with Crippen molar-refractivity contribution in [2.75, 3.05) is 11.4 Å². The van der Waals surface area contributed by atoms with Gasteiger partial charge in [-0.05, 0) is 30.2 Å². The van der Waals surface area contributed by atoms with Gasteiger partial charge in [0.1, 0.15) is 11.6 Å². The van der Waals surface area contributed by atoms with Crippen LogP contribution in [0, 0.1) is 17.6 Å². The summed E-state index contributed by atoms with van der Waals surface area (Å²) in [5, 5.41) is 1.76. The fraction of sp³-hybridized carbons (Fsp3) is 0.318. The third-order valence-corrected chi connectivity index (χ3v) is 4.33. The number of alkyl halides is 2. The Labute approximate surface area is 177 Å². The van der Waals surface area contributed by atoms with E-state index in [1.807, 2.05) is 13.8 Å². The number of anilines is 1. The summed E-state index contributed by atoms with van der Waals surface area (Å²) < 4.78 is 52.7. The fourth-order valence-corrected chi connectivity index (χ4v) is 2.79. The zero-order chi connectivity index (χ0) is 23.1. The van der Waals surface area contributed by atoms with Crippen LogP contribution in [0.15, 0.2) is 42.5 Å². The molecule has 0 saturated heterocycles. The van der Waals surface area contributed by atoms with Crippen molar-refractivity contribution in [2.24, 2.45) is 5.92 Å². The van der Waals surface area contributed by atoms with Crippen molar-refractivity contribution >= 4 is 23.3 Å². The van der Waals surface area contributed by atoms with Gasteiger partial charge in [-0.15, -0.1) is 0 Å². The van der Waals surface area contributed by atoms with E-state index in [0.717, 1.165) is 6.07 Å². The molecule has 0 aliphatic carbocycles. The second-order valence-electron chi connectivity index (χ2n) is 7.31. The van der Waals surface area contributed by atoms with E-state index in [2.05, 4.69) is 0 Å². The Hall–Kier alpha value is -3.23. The molecule has 5 nitrogen and oxygen atoms in total. The molecule has 2 aromatic rings. The van der Waals surface area contributed by atoms with Crippen molar-refractivity contribution in [3.05, 3.63) is 65.2 Å². The maximum atomic E-state index is 14.6. The monoisotopic (exact) mass is 438 g/mol. The van der Waals surface area contributed by atoms with Crippen LogP contribution in [-0.2, 0) is 16.1 Å². The summed E-state index contributed by atoms with van der Waals surface area (Å²) in [4.78, 5) is 36.8. The maximum Gasteiger partial charge on any atom is 0.315 e. The molecular weight excluding hydrogens is 416 g/mol. The molecule has 0 saturated carbocycles. The lowest BCUT2D eigenvalue weighted by Crippen LogP contribution is -2.34. The van der Waals surface area contributed by atoms with Crippen LogP contribution in [0.25, 0.3) is 0 Å². The number of carbonyl (C=O) groups is 3. The molecule has 0 bridgehead atoms. The first-order valence-corrected chi connectivity index (χ1v) is 9.52. The number of amides is 2. The normalized spacial score (nSPS) is 11.0. The van der Waals surface area contributed by atoms with E-state index in [1.54, 1.807) is 5.32 Å². The molecule has 0 aliphatic heterocycles. The summed E-state index contributed by atoms with van der Waals surface area (Å²) in [5.41, 5.74) is 0.219. The minimum Gasteiger partial charge on any atom is -0.344 e. The Kier molecular flexibility index (Phi) is 8.30. The van der Waals surface area contributed by atoms with E-state index in [0.29, 0.717) is 0 Å². The lowest BCUT2D eigenvalue weighted by Gasteiger charge is -2.24. The van der Waals surface area contributed by atoms with E-state index in [9.17, 15) is 31.9 Å². The SMILES string of the molecule is CC(C)CC(=O)N(Cc1ccc(C(=O)CNC(=O)C(F)F)cc1F)c1cccc(F)c1. The van der Waals surface area contributed by atoms with Gasteiger partial charge in [-0.3, -0.25) is 14.4 Å². The molecule has 31 heavy (non-hydrogen) atoms. The Bertz CT molecular complexity index is 964. The molecule has 166 valence electrons. The van der Waals surface area contributed by atoms with E-state index < -0.39 is 36.3 Å². The number of carbonyl (C=O) groups excluding carboxylic acids is 3. The molecular formula is C22H22F4N2O3. The van der Waals surface area contributed by atoms with Crippen molar-refractivity contribution in [1.82, 2.24) is 5.32 Å². The second kappa shape index (κ2) is 10.7. The molecule has 0 aliphatic rings. The Balaban J connectivity index is 2.22. The molecule has 9 heteroatoms. The summed E-state index contributed by atoms with van der Waals surface area (Å²) in [7, 11) is 0. The molecule has 0 atom stereocenters. The molecule has 0 spiro atoms. The van der Waals surface area contributed by atoms with E-state index in [4.69, 9.17) is 0 Å². The van der Waals surface area contributed by atoms with Crippen LogP contribution in [0.1, 0.15) is 36.2 Å². The van der Waals surface area contributed by atoms with Gasteiger partial charge >= 0.3 is 6.43 Å². The molecule has 0 fully saturated rings. The Morgan fingerprint density at radius 2 is 1.74 bits per heavy atom. The van der Waals surface area contributed by atoms with E-state index >= 15 is 0 Å². The smallest absolute Gasteiger partial charge is 0.315 e. The third kappa shape index (κ3) is 6.91. The minimum atomic E-state index is -3.26. The van der Waals surface area contributed by atoms with Gasteiger partial charge in [-0.25, -0.2) is 8.78 Å². The van der Waals surface area contributed by atoms with Crippen molar-refractivity contribution in [3.63, 3.8) is 0 Å². The van der Waals surface area contributed by atoms with Crippen LogP contribution in [0.5, 0.6) is 0 Å². The first-order chi connectivity index (χ1) is 14.6. The summed E-state index contributed by atoms with van der Waals surface area (Å²) >= 11 is 0. The van der Waals surface area contributed by atoms with Crippen LogP contribution in [0.4, 0.5) is 23.2 Å². The van der Waals surface area contributed by atoms with Gasteiger partial charge in [0.15, 0.2) is 5.78 Å². The van der Waals surface area contributed by atoms with Gasteiger partial charge in [0.25, 0.3) is 5.91 Å². The van der Waals surface area contributed by atoms with E-state index in [1.165, 1.54) is 41.3 Å². The number of hydrogen-bond donors (Lipinski definition) is 1. The highest BCUT2D eigenvalue weighted by Crippen LogP contribution is 2.22. The summed E-state index contributed by atoms with van der Waals surface area (Å²) in [5.74, 6) is -4.00. The van der Waals surface area contributed by atoms with Gasteiger partial charge < -0.3 is 10.2 Å². The zero-order valence-corrected chi connectivity index (χ0v) is 17.0. The topological polar surface area (TPSA) is 66.5 Å². The van der Waals surface area contributed by atoms with Crippen LogP contribution in [-0.4, -0.2) is 30.6 Å². The van der Waals surface area contributed by atoms with Crippen molar-refractivity contribution in [1.29, 1.82) is 0 Å². The number of ketones is 1. The van der Waals surface area contributed by atoms with Gasteiger partial charge in [0, 0.05) is 23.2 Å². The number of nitrogens with zero attached hydrogens (tertiary/aromatic N) is 1. The highest BCUT2D eigenvalue weighted by Gasteiger charge is 2.21. The summed E-state index contributed by atoms with van der Waals surface area (Å²) in [6.07, 6.45) is -3.09. The summed E-state index contributed by atoms with van der Waals surface area (Å²) in [6, 6.07) is 8.82. The number of Topliss-reactive ketones (excluding diaryl/α,β-unsaturated/α-hetero) is 1. The predicted octanol–water partition coefficient (Wildman–Crippen LogP) is 4.11.